The summed E-state index contributed by atoms with van der Waals surface area (Å²) in [6, 6.07) is 17.4. The molecule has 3 aromatic rings. The second-order valence-corrected chi connectivity index (χ2v) is 8.10. The van der Waals surface area contributed by atoms with E-state index in [4.69, 9.17) is 23.2 Å². The number of halogens is 2. The number of nitrogens with zero attached hydrogens (tertiary/aromatic N) is 2. The first kappa shape index (κ1) is 21.2. The zero-order chi connectivity index (χ0) is 22.0. The van der Waals surface area contributed by atoms with Crippen molar-refractivity contribution in [2.75, 3.05) is 26.2 Å². The van der Waals surface area contributed by atoms with Gasteiger partial charge in [0.2, 0.25) is 0 Å². The summed E-state index contributed by atoms with van der Waals surface area (Å²) in [7, 11) is 0. The van der Waals surface area contributed by atoms with E-state index in [0.29, 0.717) is 47.5 Å². The zero-order valence-electron chi connectivity index (χ0n) is 16.5. The van der Waals surface area contributed by atoms with Gasteiger partial charge in [-0.25, -0.2) is 0 Å². The Kier molecular flexibility index (Phi) is 6.11. The summed E-state index contributed by atoms with van der Waals surface area (Å²) in [5, 5.41) is 0.783. The number of carbonyl (C=O) groups is 2. The number of hydrogen-bond acceptors (Lipinski definition) is 3. The molecule has 0 saturated carbocycles. The third kappa shape index (κ3) is 4.65. The molecule has 158 valence electrons. The number of aromatic amines is 1. The topological polar surface area (TPSA) is 73.5 Å². The molecule has 0 radical (unpaired) electrons. The lowest BCUT2D eigenvalue weighted by atomic mass is 10.1. The van der Waals surface area contributed by atoms with Gasteiger partial charge >= 0.3 is 0 Å². The number of amides is 2. The summed E-state index contributed by atoms with van der Waals surface area (Å²) < 4.78 is 0. The summed E-state index contributed by atoms with van der Waals surface area (Å²) >= 11 is 12.0. The molecule has 0 spiro atoms. The maximum atomic E-state index is 12.9. The average Bonchev–Trinajstić information content (AvgIpc) is 2.78. The molecule has 1 aromatic heterocycles. The Hall–Kier alpha value is -3.09. The number of aromatic nitrogens is 1. The van der Waals surface area contributed by atoms with Crippen molar-refractivity contribution in [3.8, 4) is 11.3 Å². The molecular formula is C23H19Cl2N3O3. The first-order valence-corrected chi connectivity index (χ1v) is 10.5. The van der Waals surface area contributed by atoms with E-state index in [0.717, 1.165) is 5.56 Å². The first-order valence-electron chi connectivity index (χ1n) is 9.76. The number of hydrogen-bond donors (Lipinski definition) is 1. The van der Waals surface area contributed by atoms with Crippen LogP contribution in [0.15, 0.2) is 65.5 Å². The number of H-pyrrole nitrogens is 1. The maximum absolute atomic E-state index is 12.9. The summed E-state index contributed by atoms with van der Waals surface area (Å²) in [4.78, 5) is 44.1. The highest BCUT2D eigenvalue weighted by Crippen LogP contribution is 2.21. The second-order valence-electron chi connectivity index (χ2n) is 7.22. The molecule has 8 heteroatoms. The van der Waals surface area contributed by atoms with Gasteiger partial charge in [0.25, 0.3) is 17.4 Å². The Morgan fingerprint density at radius 3 is 1.94 bits per heavy atom. The molecule has 0 aliphatic carbocycles. The summed E-state index contributed by atoms with van der Waals surface area (Å²) in [6.07, 6.45) is 0. The zero-order valence-corrected chi connectivity index (χ0v) is 18.0. The minimum Gasteiger partial charge on any atom is -0.335 e. The fraction of sp³-hybridized carbons (Fsp3) is 0.174. The quantitative estimate of drug-likeness (QED) is 0.649. The van der Waals surface area contributed by atoms with Crippen LogP contribution in [0.1, 0.15) is 20.7 Å². The van der Waals surface area contributed by atoms with Crippen LogP contribution in [-0.2, 0) is 0 Å². The smallest absolute Gasteiger partial charge is 0.261 e. The Morgan fingerprint density at radius 1 is 0.774 bits per heavy atom. The molecular weight excluding hydrogens is 437 g/mol. The molecule has 0 unspecified atom stereocenters. The SMILES string of the molecule is O=C(c1cc(Cl)cc(Cl)c1)N1CCN(C(=O)c2ccc(-c3ccccc3)[nH]c2=O)CC1. The lowest BCUT2D eigenvalue weighted by molar-refractivity contribution is 0.0534. The van der Waals surface area contributed by atoms with Crippen molar-refractivity contribution in [3.63, 3.8) is 0 Å². The predicted molar refractivity (Wildman–Crippen MR) is 121 cm³/mol. The Bertz CT molecular complexity index is 1170. The third-order valence-corrected chi connectivity index (χ3v) is 5.62. The highest BCUT2D eigenvalue weighted by molar-refractivity contribution is 6.35. The minimum absolute atomic E-state index is 0.0843. The predicted octanol–water partition coefficient (Wildman–Crippen LogP) is 3.95. The monoisotopic (exact) mass is 455 g/mol. The summed E-state index contributed by atoms with van der Waals surface area (Å²) in [5.41, 5.74) is 1.58. The molecule has 1 aliphatic heterocycles. The highest BCUT2D eigenvalue weighted by Gasteiger charge is 2.27. The minimum atomic E-state index is -0.432. The van der Waals surface area contributed by atoms with E-state index in [-0.39, 0.29) is 17.4 Å². The molecule has 1 N–H and O–H groups in total. The third-order valence-electron chi connectivity index (χ3n) is 5.19. The average molecular weight is 456 g/mol. The lowest BCUT2D eigenvalue weighted by Crippen LogP contribution is -2.51. The lowest BCUT2D eigenvalue weighted by Gasteiger charge is -2.34. The van der Waals surface area contributed by atoms with E-state index in [9.17, 15) is 14.4 Å². The van der Waals surface area contributed by atoms with Crippen LogP contribution in [0, 0.1) is 0 Å². The molecule has 1 aliphatic rings. The number of piperazine rings is 1. The van der Waals surface area contributed by atoms with E-state index < -0.39 is 5.56 Å². The van der Waals surface area contributed by atoms with Crippen LogP contribution in [0.4, 0.5) is 0 Å². The van der Waals surface area contributed by atoms with Gasteiger partial charge in [-0.3, -0.25) is 14.4 Å². The molecule has 2 amide bonds. The van der Waals surface area contributed by atoms with E-state index in [1.54, 1.807) is 40.1 Å². The van der Waals surface area contributed by atoms with Crippen molar-refractivity contribution >= 4 is 35.0 Å². The van der Waals surface area contributed by atoms with Gasteiger partial charge in [-0.15, -0.1) is 0 Å². The van der Waals surface area contributed by atoms with E-state index >= 15 is 0 Å². The van der Waals surface area contributed by atoms with Gasteiger partial charge in [0.15, 0.2) is 0 Å². The molecule has 6 nitrogen and oxygen atoms in total. The van der Waals surface area contributed by atoms with Crippen LogP contribution in [0.3, 0.4) is 0 Å². The summed E-state index contributed by atoms with van der Waals surface area (Å²) in [5.74, 6) is -0.541. The standard InChI is InChI=1S/C23H19Cl2N3O3/c24-17-12-16(13-18(25)14-17)22(30)27-8-10-28(11-9-27)23(31)19-6-7-20(26-21(19)29)15-4-2-1-3-5-15/h1-7,12-14H,8-11H2,(H,26,29). The van der Waals surface area contributed by atoms with Crippen LogP contribution in [-0.4, -0.2) is 52.8 Å². The van der Waals surface area contributed by atoms with Crippen molar-refractivity contribution in [2.24, 2.45) is 0 Å². The molecule has 0 bridgehead atoms. The van der Waals surface area contributed by atoms with Crippen molar-refractivity contribution in [1.29, 1.82) is 0 Å². The van der Waals surface area contributed by atoms with Crippen molar-refractivity contribution in [3.05, 3.63) is 92.2 Å². The number of nitrogens with one attached hydrogen (secondary N) is 1. The molecule has 2 heterocycles. The number of rotatable bonds is 3. The second kappa shape index (κ2) is 8.96. The molecule has 4 rings (SSSR count). The van der Waals surface area contributed by atoms with Gasteiger partial charge < -0.3 is 14.8 Å². The molecule has 1 saturated heterocycles. The number of carbonyl (C=O) groups excluding carboxylic acids is 2. The largest absolute Gasteiger partial charge is 0.335 e. The van der Waals surface area contributed by atoms with Gasteiger partial charge in [0, 0.05) is 47.5 Å². The van der Waals surface area contributed by atoms with Crippen LogP contribution >= 0.6 is 23.2 Å². The van der Waals surface area contributed by atoms with Crippen LogP contribution in [0.25, 0.3) is 11.3 Å². The molecule has 31 heavy (non-hydrogen) atoms. The number of pyridine rings is 1. The van der Waals surface area contributed by atoms with E-state index in [2.05, 4.69) is 4.98 Å². The van der Waals surface area contributed by atoms with Gasteiger partial charge in [-0.05, 0) is 35.9 Å². The van der Waals surface area contributed by atoms with Gasteiger partial charge in [-0.1, -0.05) is 53.5 Å². The van der Waals surface area contributed by atoms with Crippen LogP contribution in [0.2, 0.25) is 10.0 Å². The van der Waals surface area contributed by atoms with Gasteiger partial charge in [0.1, 0.15) is 5.56 Å². The van der Waals surface area contributed by atoms with Crippen molar-refractivity contribution in [1.82, 2.24) is 14.8 Å². The van der Waals surface area contributed by atoms with Crippen molar-refractivity contribution in [2.45, 2.75) is 0 Å². The Labute approximate surface area is 189 Å². The maximum Gasteiger partial charge on any atom is 0.261 e. The first-order chi connectivity index (χ1) is 14.9. The molecule has 1 fully saturated rings. The van der Waals surface area contributed by atoms with Gasteiger partial charge in [0.05, 0.1) is 0 Å². The molecule has 0 atom stereocenters. The van der Waals surface area contributed by atoms with Gasteiger partial charge in [-0.2, -0.15) is 0 Å². The molecule has 2 aromatic carbocycles. The fourth-order valence-corrected chi connectivity index (χ4v) is 4.10. The van der Waals surface area contributed by atoms with Crippen molar-refractivity contribution < 1.29 is 9.59 Å². The number of benzene rings is 2. The van der Waals surface area contributed by atoms with E-state index in [1.807, 2.05) is 30.3 Å². The highest BCUT2D eigenvalue weighted by atomic mass is 35.5. The van der Waals surface area contributed by atoms with Crippen LogP contribution < -0.4 is 5.56 Å². The fourth-order valence-electron chi connectivity index (χ4n) is 3.57. The van der Waals surface area contributed by atoms with Crippen LogP contribution in [0.5, 0.6) is 0 Å². The summed E-state index contributed by atoms with van der Waals surface area (Å²) in [6.45, 7) is 1.38. The Morgan fingerprint density at radius 2 is 1.35 bits per heavy atom. The normalized spacial score (nSPS) is 13.9. The van der Waals surface area contributed by atoms with E-state index in [1.165, 1.54) is 0 Å². The Balaban J connectivity index is 1.43.